The van der Waals surface area contributed by atoms with Gasteiger partial charge < -0.3 is 19.7 Å². The number of hydrogen-bond donors (Lipinski definition) is 2. The summed E-state index contributed by atoms with van der Waals surface area (Å²) in [5.41, 5.74) is 2.15. The van der Waals surface area contributed by atoms with Gasteiger partial charge in [-0.3, -0.25) is 14.7 Å². The highest BCUT2D eigenvalue weighted by Crippen LogP contribution is 2.34. The number of para-hydroxylation sites is 1. The highest BCUT2D eigenvalue weighted by atomic mass is 16.4. The van der Waals surface area contributed by atoms with E-state index in [2.05, 4.69) is 9.88 Å². The van der Waals surface area contributed by atoms with Gasteiger partial charge >= 0.3 is 11.9 Å². The Balaban J connectivity index is 1.55. The molecule has 4 rings (SSSR count). The van der Waals surface area contributed by atoms with Crippen LogP contribution in [-0.4, -0.2) is 74.2 Å². The van der Waals surface area contributed by atoms with Gasteiger partial charge in [-0.05, 0) is 18.2 Å². The minimum atomic E-state index is -1.12. The maximum absolute atomic E-state index is 12.4. The molecule has 2 aromatic heterocycles. The molecular formula is C23H26N4O4. The van der Waals surface area contributed by atoms with Crippen molar-refractivity contribution in [3.05, 3.63) is 65.6 Å². The van der Waals surface area contributed by atoms with Crippen LogP contribution in [0.4, 0.5) is 0 Å². The number of carboxylic acids is 2. The first-order valence-electron chi connectivity index (χ1n) is 10.4. The highest BCUT2D eigenvalue weighted by Gasteiger charge is 2.36. The van der Waals surface area contributed by atoms with E-state index >= 15 is 0 Å². The molecule has 0 aliphatic carbocycles. The van der Waals surface area contributed by atoms with Gasteiger partial charge in [0.2, 0.25) is 0 Å². The molecule has 3 aromatic rings. The second-order valence-corrected chi connectivity index (χ2v) is 7.83. The van der Waals surface area contributed by atoms with Gasteiger partial charge in [-0.25, -0.2) is 4.79 Å². The monoisotopic (exact) mass is 422 g/mol. The molecule has 1 fully saturated rings. The highest BCUT2D eigenvalue weighted by molar-refractivity contribution is 6.01. The van der Waals surface area contributed by atoms with Crippen molar-refractivity contribution in [2.75, 3.05) is 32.7 Å². The summed E-state index contributed by atoms with van der Waals surface area (Å²) in [5, 5.41) is 20.6. The van der Waals surface area contributed by atoms with Crippen molar-refractivity contribution in [3.8, 4) is 0 Å². The fourth-order valence-corrected chi connectivity index (χ4v) is 4.48. The van der Waals surface area contributed by atoms with Gasteiger partial charge in [-0.15, -0.1) is 0 Å². The third-order valence-electron chi connectivity index (χ3n) is 6.04. The van der Waals surface area contributed by atoms with Crippen LogP contribution in [0.2, 0.25) is 0 Å². The van der Waals surface area contributed by atoms with E-state index in [4.69, 9.17) is 0 Å². The summed E-state index contributed by atoms with van der Waals surface area (Å²) < 4.78 is 1.58. The Hall–Kier alpha value is -3.23. The number of carboxylic acid groups (broad SMARTS) is 2. The Morgan fingerprint density at radius 1 is 1.03 bits per heavy atom. The zero-order valence-electron chi connectivity index (χ0n) is 17.4. The molecule has 31 heavy (non-hydrogen) atoms. The van der Waals surface area contributed by atoms with E-state index in [1.165, 1.54) is 0 Å². The minimum absolute atomic E-state index is 0.0335. The first kappa shape index (κ1) is 21.0. The van der Waals surface area contributed by atoms with Crippen molar-refractivity contribution in [2.24, 2.45) is 7.05 Å². The van der Waals surface area contributed by atoms with Crippen LogP contribution in [0.1, 0.15) is 27.8 Å². The second kappa shape index (κ2) is 8.87. The molecule has 1 saturated heterocycles. The summed E-state index contributed by atoms with van der Waals surface area (Å²) in [7, 11) is 1.67. The molecular weight excluding hydrogens is 396 g/mol. The normalized spacial score (nSPS) is 16.4. The average molecular weight is 422 g/mol. The summed E-state index contributed by atoms with van der Waals surface area (Å²) in [6.45, 7) is 3.42. The second-order valence-electron chi connectivity index (χ2n) is 7.83. The summed E-state index contributed by atoms with van der Waals surface area (Å²) in [5.74, 6) is -2.14. The van der Waals surface area contributed by atoms with Crippen molar-refractivity contribution in [2.45, 2.75) is 12.5 Å². The van der Waals surface area contributed by atoms with Crippen LogP contribution in [0.5, 0.6) is 0 Å². The average Bonchev–Trinajstić information content (AvgIpc) is 3.06. The molecule has 0 amide bonds. The number of rotatable bonds is 7. The zero-order valence-corrected chi connectivity index (χ0v) is 17.4. The van der Waals surface area contributed by atoms with Crippen molar-refractivity contribution >= 4 is 22.8 Å². The maximum Gasteiger partial charge on any atom is 0.352 e. The number of aromatic carboxylic acids is 1. The lowest BCUT2D eigenvalue weighted by Gasteiger charge is -2.37. The summed E-state index contributed by atoms with van der Waals surface area (Å²) in [4.78, 5) is 32.9. The molecule has 0 spiro atoms. The van der Waals surface area contributed by atoms with Crippen LogP contribution < -0.4 is 0 Å². The molecule has 3 heterocycles. The third-order valence-corrected chi connectivity index (χ3v) is 6.04. The van der Waals surface area contributed by atoms with Gasteiger partial charge in [0, 0.05) is 74.5 Å². The largest absolute Gasteiger partial charge is 0.480 e. The first-order valence-corrected chi connectivity index (χ1v) is 10.4. The number of hydrogen-bond acceptors (Lipinski definition) is 5. The predicted octanol–water partition coefficient (Wildman–Crippen LogP) is 2.26. The smallest absolute Gasteiger partial charge is 0.352 e. The van der Waals surface area contributed by atoms with Gasteiger partial charge in [-0.1, -0.05) is 24.3 Å². The van der Waals surface area contributed by atoms with Gasteiger partial charge in [0.15, 0.2) is 0 Å². The van der Waals surface area contributed by atoms with Gasteiger partial charge in [0.25, 0.3) is 0 Å². The number of pyridine rings is 1. The number of nitrogens with zero attached hydrogens (tertiary/aromatic N) is 4. The van der Waals surface area contributed by atoms with Crippen LogP contribution in [-0.2, 0) is 18.3 Å². The molecule has 8 nitrogen and oxygen atoms in total. The lowest BCUT2D eigenvalue weighted by Crippen LogP contribution is -2.49. The lowest BCUT2D eigenvalue weighted by atomic mass is 10.00. The van der Waals surface area contributed by atoms with Gasteiger partial charge in [0.05, 0.1) is 0 Å². The number of carbonyl (C=O) groups is 2. The molecule has 0 unspecified atom stereocenters. The number of aliphatic carboxylic acids is 1. The predicted molar refractivity (Wildman–Crippen MR) is 116 cm³/mol. The molecule has 1 aromatic carbocycles. The molecule has 1 atom stereocenters. The molecule has 8 heteroatoms. The first-order chi connectivity index (χ1) is 15.0. The Morgan fingerprint density at radius 2 is 1.74 bits per heavy atom. The van der Waals surface area contributed by atoms with Crippen LogP contribution in [0.3, 0.4) is 0 Å². The molecule has 2 N–H and O–H groups in total. The van der Waals surface area contributed by atoms with Crippen molar-refractivity contribution in [1.29, 1.82) is 0 Å². The number of piperazine rings is 1. The molecule has 0 saturated carbocycles. The van der Waals surface area contributed by atoms with Crippen molar-refractivity contribution in [3.63, 3.8) is 0 Å². The van der Waals surface area contributed by atoms with Crippen LogP contribution in [0.25, 0.3) is 10.9 Å². The Morgan fingerprint density at radius 3 is 2.39 bits per heavy atom. The van der Waals surface area contributed by atoms with E-state index in [0.29, 0.717) is 24.0 Å². The fourth-order valence-electron chi connectivity index (χ4n) is 4.48. The Labute approximate surface area is 180 Å². The lowest BCUT2D eigenvalue weighted by molar-refractivity contribution is -0.144. The fraction of sp³-hybridized carbons (Fsp3) is 0.348. The van der Waals surface area contributed by atoms with E-state index < -0.39 is 18.0 Å². The van der Waals surface area contributed by atoms with E-state index in [1.54, 1.807) is 23.9 Å². The molecule has 1 aliphatic rings. The number of fused-ring (bicyclic) bond motifs is 1. The topological polar surface area (TPSA) is 98.9 Å². The third kappa shape index (κ3) is 4.17. The van der Waals surface area contributed by atoms with E-state index in [0.717, 1.165) is 37.3 Å². The molecule has 162 valence electrons. The van der Waals surface area contributed by atoms with Crippen molar-refractivity contribution in [1.82, 2.24) is 19.4 Å². The van der Waals surface area contributed by atoms with E-state index in [1.807, 2.05) is 41.3 Å². The van der Waals surface area contributed by atoms with Crippen molar-refractivity contribution < 1.29 is 19.8 Å². The number of benzene rings is 1. The van der Waals surface area contributed by atoms with Gasteiger partial charge in [0.1, 0.15) is 11.7 Å². The maximum atomic E-state index is 12.4. The quantitative estimate of drug-likeness (QED) is 0.603. The van der Waals surface area contributed by atoms with E-state index in [9.17, 15) is 19.8 Å². The number of aromatic nitrogens is 2. The molecule has 1 aliphatic heterocycles. The van der Waals surface area contributed by atoms with Gasteiger partial charge in [-0.2, -0.15) is 0 Å². The zero-order chi connectivity index (χ0) is 22.0. The molecule has 0 radical (unpaired) electrons. The van der Waals surface area contributed by atoms with E-state index in [-0.39, 0.29) is 5.69 Å². The SMILES string of the molecule is Cn1c(C(=O)O)c([C@H](C(=O)O)N2CCN(CCc3ccccn3)CC2)c2ccccc21. The summed E-state index contributed by atoms with van der Waals surface area (Å²) in [6.07, 6.45) is 2.63. The molecule has 0 bridgehead atoms. The van der Waals surface area contributed by atoms with Crippen LogP contribution in [0, 0.1) is 0 Å². The van der Waals surface area contributed by atoms with Crippen LogP contribution in [0.15, 0.2) is 48.7 Å². The number of aryl methyl sites for hydroxylation is 1. The summed E-state index contributed by atoms with van der Waals surface area (Å²) in [6, 6.07) is 12.1. The Bertz CT molecular complexity index is 1090. The minimum Gasteiger partial charge on any atom is -0.480 e. The Kier molecular flexibility index (Phi) is 6.01. The summed E-state index contributed by atoms with van der Waals surface area (Å²) >= 11 is 0. The van der Waals surface area contributed by atoms with Crippen LogP contribution >= 0.6 is 0 Å². The standard InChI is InChI=1S/C23H26N4O4/c1-25-18-8-3-2-7-17(18)19(20(25)22(28)29)21(23(30)31)27-14-12-26(13-15-27)11-9-16-6-4-5-10-24-16/h2-8,10,21H,9,11-15H2,1H3,(H,28,29)(H,30,31)/t21-/m1/s1.